The van der Waals surface area contributed by atoms with Crippen molar-refractivity contribution < 1.29 is 0 Å². The Kier molecular flexibility index (Phi) is 5.91. The highest BCUT2D eigenvalue weighted by Gasteiger charge is 1.92. The average Bonchev–Trinajstić information content (AvgIpc) is 2.25. The number of nitrogens with zero attached hydrogens (tertiary/aromatic N) is 2. The first kappa shape index (κ1) is 11.1. The molecule has 14 heavy (non-hydrogen) atoms. The molecule has 0 aliphatic rings. The molecule has 0 radical (unpaired) electrons. The summed E-state index contributed by atoms with van der Waals surface area (Å²) in [5.41, 5.74) is 1.07. The van der Waals surface area contributed by atoms with Crippen LogP contribution in [-0.2, 0) is 6.54 Å². The molecular formula is C11H19N3. The standard InChI is InChI=1S/C11H19N3/c1-2-3-4-5-7-12-9-11-6-8-13-10-14-11/h6,8,10,12H,2-5,7,9H2,1H3. The minimum absolute atomic E-state index is 0.856. The lowest BCUT2D eigenvalue weighted by atomic mass is 10.2. The van der Waals surface area contributed by atoms with Gasteiger partial charge < -0.3 is 5.32 Å². The molecule has 1 rings (SSSR count). The molecule has 0 saturated carbocycles. The molecule has 0 aliphatic carbocycles. The second-order valence-electron chi connectivity index (χ2n) is 3.44. The number of aromatic nitrogens is 2. The van der Waals surface area contributed by atoms with Gasteiger partial charge in [-0.25, -0.2) is 9.97 Å². The van der Waals surface area contributed by atoms with Crippen LogP contribution < -0.4 is 5.32 Å². The van der Waals surface area contributed by atoms with E-state index in [2.05, 4.69) is 22.2 Å². The third-order valence-electron chi connectivity index (χ3n) is 2.16. The first-order valence-corrected chi connectivity index (χ1v) is 5.39. The maximum Gasteiger partial charge on any atom is 0.115 e. The Balaban J connectivity index is 1.99. The maximum absolute atomic E-state index is 4.14. The van der Waals surface area contributed by atoms with Gasteiger partial charge in [0.2, 0.25) is 0 Å². The Bertz CT molecular complexity index is 223. The van der Waals surface area contributed by atoms with E-state index in [1.807, 2.05) is 6.07 Å². The van der Waals surface area contributed by atoms with Gasteiger partial charge in [0.15, 0.2) is 0 Å². The summed E-state index contributed by atoms with van der Waals surface area (Å²) < 4.78 is 0. The molecular weight excluding hydrogens is 174 g/mol. The minimum atomic E-state index is 0.856. The van der Waals surface area contributed by atoms with Gasteiger partial charge in [-0.3, -0.25) is 0 Å². The molecule has 0 saturated heterocycles. The Morgan fingerprint density at radius 1 is 1.29 bits per heavy atom. The Morgan fingerprint density at radius 3 is 2.93 bits per heavy atom. The molecule has 0 aromatic carbocycles. The smallest absolute Gasteiger partial charge is 0.115 e. The van der Waals surface area contributed by atoms with Crippen LogP contribution in [0.5, 0.6) is 0 Å². The van der Waals surface area contributed by atoms with Crippen molar-refractivity contribution in [3.63, 3.8) is 0 Å². The summed E-state index contributed by atoms with van der Waals surface area (Å²) in [5, 5.41) is 3.37. The van der Waals surface area contributed by atoms with Crippen LogP contribution in [0.2, 0.25) is 0 Å². The largest absolute Gasteiger partial charge is 0.311 e. The second kappa shape index (κ2) is 7.44. The molecule has 0 amide bonds. The fourth-order valence-corrected chi connectivity index (χ4v) is 1.32. The number of rotatable bonds is 7. The van der Waals surface area contributed by atoms with Crippen molar-refractivity contribution in [1.29, 1.82) is 0 Å². The zero-order chi connectivity index (χ0) is 10.1. The van der Waals surface area contributed by atoms with Crippen LogP contribution >= 0.6 is 0 Å². The molecule has 3 nitrogen and oxygen atoms in total. The van der Waals surface area contributed by atoms with E-state index in [4.69, 9.17) is 0 Å². The zero-order valence-corrected chi connectivity index (χ0v) is 8.87. The van der Waals surface area contributed by atoms with Gasteiger partial charge in [-0.2, -0.15) is 0 Å². The van der Waals surface area contributed by atoms with Crippen LogP contribution in [0.4, 0.5) is 0 Å². The highest BCUT2D eigenvalue weighted by molar-refractivity contribution is 4.96. The molecule has 0 unspecified atom stereocenters. The zero-order valence-electron chi connectivity index (χ0n) is 8.87. The summed E-state index contributed by atoms with van der Waals surface area (Å²) in [6.45, 7) is 4.17. The summed E-state index contributed by atoms with van der Waals surface area (Å²) >= 11 is 0. The van der Waals surface area contributed by atoms with Gasteiger partial charge in [0.25, 0.3) is 0 Å². The fourth-order valence-electron chi connectivity index (χ4n) is 1.32. The highest BCUT2D eigenvalue weighted by atomic mass is 14.9. The van der Waals surface area contributed by atoms with Crippen LogP contribution in [0.15, 0.2) is 18.6 Å². The van der Waals surface area contributed by atoms with E-state index < -0.39 is 0 Å². The molecule has 0 aliphatic heterocycles. The van der Waals surface area contributed by atoms with Crippen molar-refractivity contribution in [3.05, 3.63) is 24.3 Å². The Labute approximate surface area is 86.0 Å². The monoisotopic (exact) mass is 193 g/mol. The molecule has 0 bridgehead atoms. The van der Waals surface area contributed by atoms with E-state index in [-0.39, 0.29) is 0 Å². The van der Waals surface area contributed by atoms with Crippen LogP contribution in [0.25, 0.3) is 0 Å². The first-order valence-electron chi connectivity index (χ1n) is 5.39. The highest BCUT2D eigenvalue weighted by Crippen LogP contribution is 1.97. The molecule has 1 aromatic heterocycles. The third kappa shape index (κ3) is 4.92. The molecule has 0 spiro atoms. The van der Waals surface area contributed by atoms with Crippen molar-refractivity contribution in [1.82, 2.24) is 15.3 Å². The van der Waals surface area contributed by atoms with Crippen molar-refractivity contribution in [2.75, 3.05) is 6.54 Å². The lowest BCUT2D eigenvalue weighted by Crippen LogP contribution is -2.15. The van der Waals surface area contributed by atoms with Crippen molar-refractivity contribution in [2.45, 2.75) is 39.2 Å². The van der Waals surface area contributed by atoms with Crippen molar-refractivity contribution >= 4 is 0 Å². The van der Waals surface area contributed by atoms with Crippen molar-refractivity contribution in [3.8, 4) is 0 Å². The van der Waals surface area contributed by atoms with E-state index in [9.17, 15) is 0 Å². The summed E-state index contributed by atoms with van der Waals surface area (Å²) in [6, 6.07) is 1.94. The average molecular weight is 193 g/mol. The first-order chi connectivity index (χ1) is 6.93. The van der Waals surface area contributed by atoms with Gasteiger partial charge in [-0.05, 0) is 19.0 Å². The maximum atomic E-state index is 4.14. The fraction of sp³-hybridized carbons (Fsp3) is 0.636. The molecule has 1 N–H and O–H groups in total. The van der Waals surface area contributed by atoms with Crippen molar-refractivity contribution in [2.24, 2.45) is 0 Å². The molecule has 3 heteroatoms. The van der Waals surface area contributed by atoms with E-state index in [0.717, 1.165) is 18.8 Å². The van der Waals surface area contributed by atoms with E-state index in [1.165, 1.54) is 25.7 Å². The van der Waals surface area contributed by atoms with Gasteiger partial charge in [-0.15, -0.1) is 0 Å². The number of hydrogen-bond acceptors (Lipinski definition) is 3. The normalized spacial score (nSPS) is 10.4. The number of nitrogens with one attached hydrogen (secondary N) is 1. The molecule has 1 aromatic rings. The predicted molar refractivity (Wildman–Crippen MR) is 57.9 cm³/mol. The Hall–Kier alpha value is -0.960. The summed E-state index contributed by atoms with van der Waals surface area (Å²) in [5.74, 6) is 0. The lowest BCUT2D eigenvalue weighted by Gasteiger charge is -2.03. The molecule has 0 atom stereocenters. The topological polar surface area (TPSA) is 37.8 Å². The number of hydrogen-bond donors (Lipinski definition) is 1. The van der Waals surface area contributed by atoms with Gasteiger partial charge in [0.05, 0.1) is 5.69 Å². The quantitative estimate of drug-likeness (QED) is 0.674. The summed E-state index contributed by atoms with van der Waals surface area (Å²) in [6.07, 6.45) is 8.60. The minimum Gasteiger partial charge on any atom is -0.311 e. The van der Waals surface area contributed by atoms with Gasteiger partial charge in [-0.1, -0.05) is 26.2 Å². The van der Waals surface area contributed by atoms with Gasteiger partial charge >= 0.3 is 0 Å². The van der Waals surface area contributed by atoms with Crippen LogP contribution in [-0.4, -0.2) is 16.5 Å². The third-order valence-corrected chi connectivity index (χ3v) is 2.16. The number of unbranched alkanes of at least 4 members (excludes halogenated alkanes) is 3. The molecule has 78 valence electrons. The van der Waals surface area contributed by atoms with Crippen LogP contribution in [0.1, 0.15) is 38.3 Å². The Morgan fingerprint density at radius 2 is 2.21 bits per heavy atom. The predicted octanol–water partition coefficient (Wildman–Crippen LogP) is 2.15. The van der Waals surface area contributed by atoms with E-state index in [0.29, 0.717) is 0 Å². The lowest BCUT2D eigenvalue weighted by molar-refractivity contribution is 0.593. The van der Waals surface area contributed by atoms with Crippen LogP contribution in [0, 0.1) is 0 Å². The summed E-state index contributed by atoms with van der Waals surface area (Å²) in [4.78, 5) is 8.01. The molecule has 1 heterocycles. The van der Waals surface area contributed by atoms with Gasteiger partial charge in [0, 0.05) is 12.7 Å². The second-order valence-corrected chi connectivity index (χ2v) is 3.44. The van der Waals surface area contributed by atoms with Crippen LogP contribution in [0.3, 0.4) is 0 Å². The van der Waals surface area contributed by atoms with E-state index in [1.54, 1.807) is 12.5 Å². The van der Waals surface area contributed by atoms with Gasteiger partial charge in [0.1, 0.15) is 6.33 Å². The SMILES string of the molecule is CCCCCCNCc1ccncn1. The molecule has 0 fully saturated rings. The summed E-state index contributed by atoms with van der Waals surface area (Å²) in [7, 11) is 0. The van der Waals surface area contributed by atoms with E-state index >= 15 is 0 Å².